The van der Waals surface area contributed by atoms with E-state index in [4.69, 9.17) is 29.4 Å². The first-order valence-electron chi connectivity index (χ1n) is 23.0. The van der Waals surface area contributed by atoms with Gasteiger partial charge in [0.25, 0.3) is 0 Å². The number of urea groups is 1. The molecule has 0 bridgehead atoms. The summed E-state index contributed by atoms with van der Waals surface area (Å²) in [5.74, 6) is 3.70. The quantitative estimate of drug-likeness (QED) is 0.0968. The van der Waals surface area contributed by atoms with E-state index in [9.17, 15) is 14.7 Å². The number of carbonyl (C=O) groups excluding carboxylic acids is 5. The summed E-state index contributed by atoms with van der Waals surface area (Å²) in [6.07, 6.45) is -1.94. The number of imide groups is 1. The van der Waals surface area contributed by atoms with Gasteiger partial charge < -0.3 is 44.7 Å². The second kappa shape index (κ2) is 19.2. The first kappa shape index (κ1) is 45.9. The van der Waals surface area contributed by atoms with Gasteiger partial charge in [-0.05, 0) is 70.3 Å². The molecule has 17 heteroatoms. The van der Waals surface area contributed by atoms with E-state index in [2.05, 4.69) is 22.1 Å². The summed E-state index contributed by atoms with van der Waals surface area (Å²) in [6.45, 7) is 1.91. The smallest absolute Gasteiger partial charge is 0.421 e. The molecule has 0 radical (unpaired) electrons. The molecule has 17 nitrogen and oxygen atoms in total. The van der Waals surface area contributed by atoms with Crippen molar-refractivity contribution in [3.63, 3.8) is 0 Å². The zero-order chi connectivity index (χ0) is 48.5. The average molecular weight is 947 g/mol. The number of carbonyl (C=O) groups is 5. The number of benzene rings is 5. The van der Waals surface area contributed by atoms with E-state index in [1.165, 1.54) is 19.2 Å². The number of amides is 5. The second-order valence-corrected chi connectivity index (χ2v) is 17.6. The number of phenolic OH excluding ortho intramolecular Hbond substituents is 1. The standard InChI is InChI=1S/C53H50N6O11/c1-66-27-28-67-52(65)58-40-20-14-33(9-8-22-55-51(54)64)29-39(40)53(50(58)63)43(48(61)57-25-23-56(24-26-57)31-34-15-21-41-42(30-34)69-32-68-41)45-49(62)70-46(36-12-6-3-7-13-36)44(35-10-4-2-5-11-35)59(45)47(53)37-16-18-38(60)19-17-37/h2-7,10-21,29-30,43-47,60H,22-28,31-32H2,1H3,(H3,54,55,64). The number of nitrogens with zero attached hydrogens (tertiary/aromatic N) is 4. The minimum atomic E-state index is -2.06. The maximum atomic E-state index is 16.4. The molecule has 70 heavy (non-hydrogen) atoms. The zero-order valence-electron chi connectivity index (χ0n) is 38.2. The summed E-state index contributed by atoms with van der Waals surface area (Å²) < 4.78 is 28.6. The molecule has 358 valence electrons. The highest BCUT2D eigenvalue weighted by Crippen LogP contribution is 2.66. The van der Waals surface area contributed by atoms with Crippen molar-refractivity contribution >= 4 is 35.6 Å². The highest BCUT2D eigenvalue weighted by molar-refractivity contribution is 6.23. The monoisotopic (exact) mass is 946 g/mol. The van der Waals surface area contributed by atoms with E-state index in [0.717, 1.165) is 16.0 Å². The molecular weight excluding hydrogens is 897 g/mol. The number of piperazine rings is 1. The van der Waals surface area contributed by atoms with Crippen LogP contribution in [0.1, 0.15) is 51.6 Å². The lowest BCUT2D eigenvalue weighted by Crippen LogP contribution is -2.59. The Labute approximate surface area is 403 Å². The number of hydrogen-bond acceptors (Lipinski definition) is 13. The van der Waals surface area contributed by atoms with Gasteiger partial charge in [0.15, 0.2) is 11.5 Å². The Bertz CT molecular complexity index is 2880. The fourth-order valence-corrected chi connectivity index (χ4v) is 10.8. The summed E-state index contributed by atoms with van der Waals surface area (Å²) in [4.78, 5) is 80.9. The van der Waals surface area contributed by atoms with Gasteiger partial charge in [0.1, 0.15) is 29.9 Å². The SMILES string of the molecule is COCCOC(=O)N1C(=O)C2(c3cc(C#CCNC(N)=O)ccc31)C(C(=O)N1CCN(Cc3ccc4c(c3)OCO4)CC1)C1C(=O)OC(c3ccccc3)C(c3ccccc3)N1C2c1ccc(O)cc1. The predicted molar refractivity (Wildman–Crippen MR) is 252 cm³/mol. The molecule has 5 aliphatic heterocycles. The third-order valence-corrected chi connectivity index (χ3v) is 13.7. The Morgan fingerprint density at radius 3 is 2.24 bits per heavy atom. The highest BCUT2D eigenvalue weighted by Gasteiger charge is 2.76. The van der Waals surface area contributed by atoms with Crippen LogP contribution in [-0.2, 0) is 40.6 Å². The molecule has 3 fully saturated rings. The van der Waals surface area contributed by atoms with Crippen LogP contribution in [0.25, 0.3) is 0 Å². The molecule has 0 saturated carbocycles. The molecule has 0 aromatic heterocycles. The van der Waals surface area contributed by atoms with Gasteiger partial charge in [-0.3, -0.25) is 24.2 Å². The number of methoxy groups -OCH3 is 1. The molecule has 10 rings (SSSR count). The van der Waals surface area contributed by atoms with Gasteiger partial charge in [-0.1, -0.05) is 90.7 Å². The number of morpholine rings is 1. The van der Waals surface area contributed by atoms with E-state index in [-0.39, 0.29) is 56.6 Å². The van der Waals surface area contributed by atoms with Crippen molar-refractivity contribution < 1.29 is 52.8 Å². The average Bonchev–Trinajstić information content (AvgIpc) is 4.05. The van der Waals surface area contributed by atoms with Crippen molar-refractivity contribution in [3.05, 3.63) is 155 Å². The summed E-state index contributed by atoms with van der Waals surface area (Å²) in [7, 11) is 1.45. The Kier molecular flexibility index (Phi) is 12.6. The summed E-state index contributed by atoms with van der Waals surface area (Å²) in [5, 5.41) is 13.2. The van der Waals surface area contributed by atoms with Crippen LogP contribution >= 0.6 is 0 Å². The minimum Gasteiger partial charge on any atom is -0.508 e. The number of anilines is 1. The number of primary amides is 1. The number of ether oxygens (including phenoxy) is 5. The van der Waals surface area contributed by atoms with Crippen molar-refractivity contribution in [2.24, 2.45) is 11.7 Å². The Balaban J connectivity index is 1.17. The molecule has 5 amide bonds. The minimum absolute atomic E-state index is 0.0405. The van der Waals surface area contributed by atoms with Crippen LogP contribution in [0, 0.1) is 17.8 Å². The van der Waals surface area contributed by atoms with Gasteiger partial charge in [-0.2, -0.15) is 0 Å². The number of fused-ring (bicyclic) bond motifs is 4. The van der Waals surface area contributed by atoms with Crippen molar-refractivity contribution in [2.75, 3.05) is 64.7 Å². The first-order valence-corrected chi connectivity index (χ1v) is 23.0. The van der Waals surface area contributed by atoms with Crippen LogP contribution in [0.4, 0.5) is 15.3 Å². The number of nitrogens with two attached hydrogens (primary N) is 1. The number of rotatable bonds is 10. The van der Waals surface area contributed by atoms with E-state index in [1.54, 1.807) is 35.2 Å². The van der Waals surface area contributed by atoms with Gasteiger partial charge in [0, 0.05) is 45.4 Å². The maximum Gasteiger partial charge on any atom is 0.421 e. The molecule has 6 atom stereocenters. The van der Waals surface area contributed by atoms with Gasteiger partial charge in [0.05, 0.1) is 36.8 Å². The molecule has 6 unspecified atom stereocenters. The van der Waals surface area contributed by atoms with Crippen molar-refractivity contribution in [3.8, 4) is 29.1 Å². The van der Waals surface area contributed by atoms with Crippen LogP contribution < -0.4 is 25.4 Å². The zero-order valence-corrected chi connectivity index (χ0v) is 38.2. The van der Waals surface area contributed by atoms with Gasteiger partial charge in [0.2, 0.25) is 18.6 Å². The van der Waals surface area contributed by atoms with Crippen LogP contribution in [0.15, 0.2) is 121 Å². The largest absolute Gasteiger partial charge is 0.508 e. The molecule has 1 spiro atoms. The number of esters is 1. The second-order valence-electron chi connectivity index (χ2n) is 17.6. The van der Waals surface area contributed by atoms with Crippen molar-refractivity contribution in [1.29, 1.82) is 0 Å². The Hall–Kier alpha value is -7.91. The van der Waals surface area contributed by atoms with E-state index >= 15 is 14.4 Å². The number of aromatic hydroxyl groups is 1. The Morgan fingerprint density at radius 1 is 0.814 bits per heavy atom. The maximum absolute atomic E-state index is 16.4. The number of hydrogen-bond donors (Lipinski definition) is 3. The molecule has 3 saturated heterocycles. The molecule has 5 aromatic rings. The predicted octanol–water partition coefficient (Wildman–Crippen LogP) is 4.93. The summed E-state index contributed by atoms with van der Waals surface area (Å²) in [6, 6.07) is 31.6. The van der Waals surface area contributed by atoms with Gasteiger partial charge >= 0.3 is 18.1 Å². The van der Waals surface area contributed by atoms with E-state index in [0.29, 0.717) is 47.8 Å². The summed E-state index contributed by atoms with van der Waals surface area (Å²) >= 11 is 0. The summed E-state index contributed by atoms with van der Waals surface area (Å²) in [5.41, 5.74) is 6.93. The lowest BCUT2D eigenvalue weighted by molar-refractivity contribution is -0.179. The molecule has 0 aliphatic carbocycles. The van der Waals surface area contributed by atoms with E-state index < -0.39 is 65.5 Å². The highest BCUT2D eigenvalue weighted by atomic mass is 16.7. The van der Waals surface area contributed by atoms with Crippen LogP contribution in [-0.4, -0.2) is 116 Å². The Morgan fingerprint density at radius 2 is 1.53 bits per heavy atom. The lowest BCUT2D eigenvalue weighted by atomic mass is 9.65. The van der Waals surface area contributed by atoms with Crippen molar-refractivity contribution in [1.82, 2.24) is 20.0 Å². The fraction of sp³-hybridized carbons (Fsp3) is 0.302. The van der Waals surface area contributed by atoms with Crippen molar-refractivity contribution in [2.45, 2.75) is 36.2 Å². The van der Waals surface area contributed by atoms with E-state index in [1.807, 2.05) is 83.8 Å². The van der Waals surface area contributed by atoms with Crippen LogP contribution in [0.2, 0.25) is 0 Å². The topological polar surface area (TPSA) is 203 Å². The molecule has 5 aliphatic rings. The first-order chi connectivity index (χ1) is 34.1. The number of cyclic esters (lactones) is 1. The van der Waals surface area contributed by atoms with Gasteiger partial charge in [-0.15, -0.1) is 0 Å². The molecule has 5 aromatic carbocycles. The fourth-order valence-electron chi connectivity index (χ4n) is 10.8. The molecule has 5 heterocycles. The number of nitrogens with one attached hydrogen (secondary N) is 1. The normalized spacial score (nSPS) is 23.5. The molecule has 4 N–H and O–H groups in total. The third-order valence-electron chi connectivity index (χ3n) is 13.7. The van der Waals surface area contributed by atoms with Crippen LogP contribution in [0.3, 0.4) is 0 Å². The third kappa shape index (κ3) is 8.19. The molecular formula is C53H50N6O11. The van der Waals surface area contributed by atoms with Gasteiger partial charge in [-0.25, -0.2) is 14.5 Å². The lowest BCUT2D eigenvalue weighted by Gasteiger charge is -2.46. The number of phenols is 1. The van der Waals surface area contributed by atoms with Crippen LogP contribution in [0.5, 0.6) is 17.2 Å².